The predicted molar refractivity (Wildman–Crippen MR) is 124 cm³/mol. The molecule has 3 aromatic heterocycles. The molecule has 0 atom stereocenters. The van der Waals surface area contributed by atoms with E-state index in [2.05, 4.69) is 26.0 Å². The zero-order valence-corrected chi connectivity index (χ0v) is 18.8. The van der Waals surface area contributed by atoms with Crippen molar-refractivity contribution >= 4 is 38.3 Å². The summed E-state index contributed by atoms with van der Waals surface area (Å²) < 4.78 is 14.2. The Morgan fingerprint density at radius 3 is 2.71 bits per heavy atom. The number of ether oxygens (including phenoxy) is 1. The number of furan rings is 1. The monoisotopic (exact) mass is 493 g/mol. The molecule has 0 unspecified atom stereocenters. The topological polar surface area (TPSA) is 69.6 Å². The van der Waals surface area contributed by atoms with Gasteiger partial charge < -0.3 is 9.15 Å². The van der Waals surface area contributed by atoms with Crippen LogP contribution in [0.4, 0.5) is 0 Å². The summed E-state index contributed by atoms with van der Waals surface area (Å²) in [7, 11) is 0. The van der Waals surface area contributed by atoms with E-state index >= 15 is 0 Å². The highest BCUT2D eigenvalue weighted by Crippen LogP contribution is 2.25. The number of rotatable bonds is 5. The van der Waals surface area contributed by atoms with Gasteiger partial charge in [-0.15, -0.1) is 5.10 Å². The number of thiazole rings is 1. The molecule has 0 radical (unpaired) electrons. The molecule has 5 rings (SSSR count). The van der Waals surface area contributed by atoms with E-state index in [1.165, 1.54) is 15.9 Å². The zero-order chi connectivity index (χ0) is 21.4. The molecule has 0 spiro atoms. The van der Waals surface area contributed by atoms with Crippen LogP contribution in [0.2, 0.25) is 0 Å². The van der Waals surface area contributed by atoms with Gasteiger partial charge in [-0.2, -0.15) is 9.50 Å². The van der Waals surface area contributed by atoms with Crippen LogP contribution in [0.25, 0.3) is 33.7 Å². The molecule has 0 saturated carbocycles. The summed E-state index contributed by atoms with van der Waals surface area (Å²) in [6.07, 6.45) is 1.72. The van der Waals surface area contributed by atoms with Gasteiger partial charge in [-0.1, -0.05) is 39.4 Å². The summed E-state index contributed by atoms with van der Waals surface area (Å²) in [5.74, 6) is 2.63. The Balaban J connectivity index is 1.46. The number of hydrogen-bond donors (Lipinski definition) is 0. The second kappa shape index (κ2) is 8.13. The van der Waals surface area contributed by atoms with Crippen molar-refractivity contribution in [3.8, 4) is 28.5 Å². The molecule has 2 aromatic carbocycles. The standard InChI is InChI=1S/C23H16BrN3O3S/c1-2-29-17-8-6-14(7-9-17)21-25-23-27(26-21)22(28)20(31-23)13-18-10-11-19(30-18)15-4-3-5-16(24)12-15/h3-13H,2H2,1H3/b20-13-. The first-order chi connectivity index (χ1) is 15.1. The lowest BCUT2D eigenvalue weighted by Crippen LogP contribution is -2.23. The molecule has 0 aliphatic carbocycles. The lowest BCUT2D eigenvalue weighted by molar-refractivity contribution is 0.340. The minimum absolute atomic E-state index is 0.218. The molecular formula is C23H16BrN3O3S. The van der Waals surface area contributed by atoms with Crippen LogP contribution < -0.4 is 14.8 Å². The molecule has 8 heteroatoms. The van der Waals surface area contributed by atoms with Crippen molar-refractivity contribution in [3.63, 3.8) is 0 Å². The van der Waals surface area contributed by atoms with Crippen LogP contribution in [0, 0.1) is 0 Å². The largest absolute Gasteiger partial charge is 0.494 e. The molecule has 0 saturated heterocycles. The number of hydrogen-bond acceptors (Lipinski definition) is 6. The van der Waals surface area contributed by atoms with E-state index in [4.69, 9.17) is 9.15 Å². The summed E-state index contributed by atoms with van der Waals surface area (Å²) >= 11 is 4.75. The minimum atomic E-state index is -0.218. The highest BCUT2D eigenvalue weighted by Gasteiger charge is 2.13. The molecule has 154 valence electrons. The Bertz CT molecular complexity index is 1480. The Hall–Kier alpha value is -3.23. The van der Waals surface area contributed by atoms with Gasteiger partial charge in [-0.05, 0) is 55.5 Å². The fourth-order valence-corrected chi connectivity index (χ4v) is 4.47. The molecule has 0 aliphatic rings. The number of aromatic nitrogens is 3. The summed E-state index contributed by atoms with van der Waals surface area (Å²) in [4.78, 5) is 17.9. The Morgan fingerprint density at radius 2 is 1.97 bits per heavy atom. The van der Waals surface area contributed by atoms with Crippen LogP contribution in [0.15, 0.2) is 74.3 Å². The molecule has 3 heterocycles. The van der Waals surface area contributed by atoms with Crippen LogP contribution in [0.1, 0.15) is 12.7 Å². The molecule has 0 N–H and O–H groups in total. The number of benzene rings is 2. The maximum atomic E-state index is 12.8. The van der Waals surface area contributed by atoms with Gasteiger partial charge in [0, 0.05) is 21.7 Å². The second-order valence-corrected chi connectivity index (χ2v) is 8.64. The maximum Gasteiger partial charge on any atom is 0.291 e. The normalized spacial score (nSPS) is 12.0. The first kappa shape index (κ1) is 19.7. The van der Waals surface area contributed by atoms with Crippen molar-refractivity contribution in [3.05, 3.63) is 85.8 Å². The first-order valence-electron chi connectivity index (χ1n) is 9.61. The van der Waals surface area contributed by atoms with E-state index in [-0.39, 0.29) is 5.56 Å². The second-order valence-electron chi connectivity index (χ2n) is 6.72. The SMILES string of the molecule is CCOc1ccc(-c2nc3s/c(=C\c4ccc(-c5cccc(Br)c5)o4)c(=O)n3n2)cc1. The van der Waals surface area contributed by atoms with Crippen LogP contribution >= 0.6 is 27.3 Å². The Morgan fingerprint density at radius 1 is 1.13 bits per heavy atom. The van der Waals surface area contributed by atoms with Crippen LogP contribution in [0.5, 0.6) is 5.75 Å². The molecule has 0 aliphatic heterocycles. The fraction of sp³-hybridized carbons (Fsp3) is 0.0870. The number of halogens is 1. The van der Waals surface area contributed by atoms with Crippen LogP contribution in [-0.4, -0.2) is 21.2 Å². The van der Waals surface area contributed by atoms with E-state index in [9.17, 15) is 4.79 Å². The van der Waals surface area contributed by atoms with Crippen molar-refractivity contribution < 1.29 is 9.15 Å². The van der Waals surface area contributed by atoms with E-state index in [0.717, 1.165) is 27.1 Å². The molecule has 31 heavy (non-hydrogen) atoms. The molecule has 0 bridgehead atoms. The van der Waals surface area contributed by atoms with Crippen molar-refractivity contribution in [2.24, 2.45) is 0 Å². The third-order valence-electron chi connectivity index (χ3n) is 4.61. The van der Waals surface area contributed by atoms with E-state index < -0.39 is 0 Å². The average molecular weight is 494 g/mol. The third-order valence-corrected chi connectivity index (χ3v) is 6.07. The highest BCUT2D eigenvalue weighted by molar-refractivity contribution is 9.10. The number of nitrogens with zero attached hydrogens (tertiary/aromatic N) is 3. The zero-order valence-electron chi connectivity index (χ0n) is 16.4. The minimum Gasteiger partial charge on any atom is -0.494 e. The third kappa shape index (κ3) is 3.92. The first-order valence-corrected chi connectivity index (χ1v) is 11.2. The van der Waals surface area contributed by atoms with E-state index in [1.807, 2.05) is 67.6 Å². The summed E-state index contributed by atoms with van der Waals surface area (Å²) in [6, 6.07) is 19.1. The molecule has 0 fully saturated rings. The summed E-state index contributed by atoms with van der Waals surface area (Å²) in [6.45, 7) is 2.55. The van der Waals surface area contributed by atoms with Gasteiger partial charge in [0.15, 0.2) is 5.82 Å². The lowest BCUT2D eigenvalue weighted by atomic mass is 10.2. The molecule has 5 aromatic rings. The number of fused-ring (bicyclic) bond motifs is 1. The highest BCUT2D eigenvalue weighted by atomic mass is 79.9. The van der Waals surface area contributed by atoms with Gasteiger partial charge in [0.2, 0.25) is 4.96 Å². The van der Waals surface area contributed by atoms with Gasteiger partial charge in [-0.25, -0.2) is 0 Å². The van der Waals surface area contributed by atoms with Crippen LogP contribution in [0.3, 0.4) is 0 Å². The average Bonchev–Trinajstić information content (AvgIpc) is 3.47. The Labute approximate surface area is 189 Å². The van der Waals surface area contributed by atoms with Crippen molar-refractivity contribution in [2.45, 2.75) is 6.92 Å². The van der Waals surface area contributed by atoms with Crippen LogP contribution in [-0.2, 0) is 0 Å². The van der Waals surface area contributed by atoms with Crippen molar-refractivity contribution in [2.75, 3.05) is 6.61 Å². The van der Waals surface area contributed by atoms with Crippen molar-refractivity contribution in [1.82, 2.24) is 14.6 Å². The molecule has 6 nitrogen and oxygen atoms in total. The van der Waals surface area contributed by atoms with E-state index in [1.54, 1.807) is 6.08 Å². The Kier molecular flexibility index (Phi) is 5.17. The van der Waals surface area contributed by atoms with Crippen molar-refractivity contribution in [1.29, 1.82) is 0 Å². The van der Waals surface area contributed by atoms with Gasteiger partial charge >= 0.3 is 0 Å². The predicted octanol–water partition coefficient (Wildman–Crippen LogP) is 4.79. The quantitative estimate of drug-likeness (QED) is 0.352. The molecule has 0 amide bonds. The smallest absolute Gasteiger partial charge is 0.291 e. The molecular weight excluding hydrogens is 478 g/mol. The van der Waals surface area contributed by atoms with E-state index in [0.29, 0.717) is 27.7 Å². The fourth-order valence-electron chi connectivity index (χ4n) is 3.18. The van der Waals surface area contributed by atoms with Gasteiger partial charge in [0.25, 0.3) is 5.56 Å². The van der Waals surface area contributed by atoms with Gasteiger partial charge in [0.05, 0.1) is 6.61 Å². The summed E-state index contributed by atoms with van der Waals surface area (Å²) in [5, 5.41) is 4.39. The maximum absolute atomic E-state index is 12.8. The van der Waals surface area contributed by atoms with Gasteiger partial charge in [0.1, 0.15) is 21.8 Å². The van der Waals surface area contributed by atoms with Gasteiger partial charge in [-0.3, -0.25) is 4.79 Å². The summed E-state index contributed by atoms with van der Waals surface area (Å²) in [5.41, 5.74) is 1.57. The lowest BCUT2D eigenvalue weighted by Gasteiger charge is -2.02.